The average molecular weight is 326 g/mol. The fourth-order valence-corrected chi connectivity index (χ4v) is 3.37. The van der Waals surface area contributed by atoms with Crippen molar-refractivity contribution in [2.24, 2.45) is 17.3 Å². The number of carbonyl (C=O) groups is 1. The van der Waals surface area contributed by atoms with Crippen molar-refractivity contribution in [2.75, 3.05) is 0 Å². The molecule has 2 rings (SSSR count). The van der Waals surface area contributed by atoms with E-state index < -0.39 is 0 Å². The molecular weight excluding hydrogens is 296 g/mol. The van der Waals surface area contributed by atoms with Crippen LogP contribution >= 0.6 is 0 Å². The number of esters is 1. The molecule has 0 aromatic heterocycles. The maximum atomic E-state index is 12.7. The molecule has 0 heterocycles. The van der Waals surface area contributed by atoms with E-state index in [1.807, 2.05) is 37.3 Å². The predicted octanol–water partition coefficient (Wildman–Crippen LogP) is 5.87. The van der Waals surface area contributed by atoms with Gasteiger partial charge in [0, 0.05) is 0 Å². The Morgan fingerprint density at radius 3 is 2.42 bits per heavy atom. The second kappa shape index (κ2) is 7.83. The first-order valence-corrected chi connectivity index (χ1v) is 9.00. The lowest BCUT2D eigenvalue weighted by atomic mass is 9.92. The summed E-state index contributed by atoms with van der Waals surface area (Å²) in [5.74, 6) is 1.80. The van der Waals surface area contributed by atoms with Gasteiger partial charge in [-0.15, -0.1) is 0 Å². The van der Waals surface area contributed by atoms with Crippen LogP contribution in [0.5, 0.6) is 0 Å². The number of hydrogen-bond donors (Lipinski definition) is 0. The molecule has 0 bridgehead atoms. The summed E-state index contributed by atoms with van der Waals surface area (Å²) >= 11 is 0. The van der Waals surface area contributed by atoms with Gasteiger partial charge in [0.15, 0.2) is 0 Å². The first kappa shape index (κ1) is 18.5. The van der Waals surface area contributed by atoms with Gasteiger partial charge in [0.1, 0.15) is 5.76 Å². The molecule has 130 valence electrons. The molecule has 1 aliphatic rings. The summed E-state index contributed by atoms with van der Waals surface area (Å²) in [5, 5.41) is 0. The highest BCUT2D eigenvalue weighted by atomic mass is 16.5. The predicted molar refractivity (Wildman–Crippen MR) is 99.5 cm³/mol. The maximum absolute atomic E-state index is 12.7. The van der Waals surface area contributed by atoms with Crippen molar-refractivity contribution in [3.05, 3.63) is 59.9 Å². The Morgan fingerprint density at radius 2 is 1.92 bits per heavy atom. The lowest BCUT2D eigenvalue weighted by molar-refractivity contribution is -0.146. The highest BCUT2D eigenvalue weighted by Gasteiger charge is 2.58. The lowest BCUT2D eigenvalue weighted by Gasteiger charge is -2.18. The van der Waals surface area contributed by atoms with Crippen molar-refractivity contribution in [1.29, 1.82) is 0 Å². The van der Waals surface area contributed by atoms with Gasteiger partial charge < -0.3 is 4.74 Å². The molecule has 0 radical (unpaired) electrons. The van der Waals surface area contributed by atoms with Gasteiger partial charge in [-0.25, -0.2) is 0 Å². The molecule has 0 spiro atoms. The van der Waals surface area contributed by atoms with Gasteiger partial charge in [-0.2, -0.15) is 0 Å². The van der Waals surface area contributed by atoms with E-state index in [0.29, 0.717) is 17.6 Å². The topological polar surface area (TPSA) is 26.3 Å². The SMILES string of the molecule is CC=C(C=CC(C)c1ccccc1)OC(=O)C1(CC(C)C)CC1C. The van der Waals surface area contributed by atoms with E-state index in [-0.39, 0.29) is 17.3 Å². The van der Waals surface area contributed by atoms with E-state index in [9.17, 15) is 4.79 Å². The average Bonchev–Trinajstić information content (AvgIpc) is 3.21. The zero-order valence-corrected chi connectivity index (χ0v) is 15.6. The molecule has 3 atom stereocenters. The molecule has 0 saturated heterocycles. The summed E-state index contributed by atoms with van der Waals surface area (Å²) in [5.41, 5.74) is 0.990. The number of ether oxygens (including phenoxy) is 1. The summed E-state index contributed by atoms with van der Waals surface area (Å²) in [7, 11) is 0. The molecule has 3 unspecified atom stereocenters. The van der Waals surface area contributed by atoms with Crippen LogP contribution < -0.4 is 0 Å². The zero-order chi connectivity index (χ0) is 17.7. The van der Waals surface area contributed by atoms with Gasteiger partial charge in [0.05, 0.1) is 5.41 Å². The summed E-state index contributed by atoms with van der Waals surface area (Å²) in [4.78, 5) is 12.7. The third-order valence-electron chi connectivity index (χ3n) is 5.00. The van der Waals surface area contributed by atoms with Crippen LogP contribution in [0.25, 0.3) is 0 Å². The molecule has 0 N–H and O–H groups in total. The fourth-order valence-electron chi connectivity index (χ4n) is 3.37. The van der Waals surface area contributed by atoms with Crippen molar-refractivity contribution in [3.63, 3.8) is 0 Å². The summed E-state index contributed by atoms with van der Waals surface area (Å²) in [6.07, 6.45) is 7.73. The number of allylic oxidation sites excluding steroid dienone is 3. The van der Waals surface area contributed by atoms with Crippen LogP contribution in [0.3, 0.4) is 0 Å². The minimum absolute atomic E-state index is 0.0613. The normalized spacial score (nSPS) is 25.1. The fraction of sp³-hybridized carbons (Fsp3) is 0.500. The van der Waals surface area contributed by atoms with Gasteiger partial charge in [-0.3, -0.25) is 4.79 Å². The molecule has 1 aromatic carbocycles. The van der Waals surface area contributed by atoms with Crippen LogP contribution in [0.4, 0.5) is 0 Å². The largest absolute Gasteiger partial charge is 0.426 e. The van der Waals surface area contributed by atoms with Crippen LogP contribution in [0.2, 0.25) is 0 Å². The van der Waals surface area contributed by atoms with E-state index in [0.717, 1.165) is 12.8 Å². The summed E-state index contributed by atoms with van der Waals surface area (Å²) in [6.45, 7) is 10.5. The Morgan fingerprint density at radius 1 is 1.29 bits per heavy atom. The smallest absolute Gasteiger partial charge is 0.317 e. The lowest BCUT2D eigenvalue weighted by Crippen LogP contribution is -2.22. The van der Waals surface area contributed by atoms with E-state index >= 15 is 0 Å². The van der Waals surface area contributed by atoms with Crippen LogP contribution in [0.1, 0.15) is 58.9 Å². The highest BCUT2D eigenvalue weighted by Crippen LogP contribution is 2.57. The third-order valence-corrected chi connectivity index (χ3v) is 5.00. The molecule has 24 heavy (non-hydrogen) atoms. The van der Waals surface area contributed by atoms with Crippen molar-refractivity contribution < 1.29 is 9.53 Å². The van der Waals surface area contributed by atoms with E-state index in [1.54, 1.807) is 0 Å². The first-order valence-electron chi connectivity index (χ1n) is 9.00. The van der Waals surface area contributed by atoms with Gasteiger partial charge >= 0.3 is 5.97 Å². The molecule has 2 nitrogen and oxygen atoms in total. The Bertz CT molecular complexity index is 612. The molecular formula is C22H30O2. The Labute approximate surface area is 146 Å². The van der Waals surface area contributed by atoms with Crippen LogP contribution in [-0.4, -0.2) is 5.97 Å². The van der Waals surface area contributed by atoms with Crippen molar-refractivity contribution in [1.82, 2.24) is 0 Å². The molecule has 1 saturated carbocycles. The molecule has 0 amide bonds. The highest BCUT2D eigenvalue weighted by molar-refractivity contribution is 5.81. The standard InChI is InChI=1S/C22H30O2/c1-6-20(13-12-17(4)19-10-8-7-9-11-19)24-21(23)22(14-16(2)3)15-18(22)5/h6-13,16-18H,14-15H2,1-5H3. The number of benzene rings is 1. The molecule has 1 aromatic rings. The molecule has 0 aliphatic heterocycles. The Kier molecular flexibility index (Phi) is 6.04. The van der Waals surface area contributed by atoms with Crippen molar-refractivity contribution in [2.45, 2.75) is 53.4 Å². The van der Waals surface area contributed by atoms with Crippen molar-refractivity contribution in [3.8, 4) is 0 Å². The quantitative estimate of drug-likeness (QED) is 0.356. The van der Waals surface area contributed by atoms with Crippen LogP contribution in [0.15, 0.2) is 54.3 Å². The Hall–Kier alpha value is -1.83. The van der Waals surface area contributed by atoms with Gasteiger partial charge in [0.2, 0.25) is 0 Å². The minimum Gasteiger partial charge on any atom is -0.426 e. The minimum atomic E-state index is -0.263. The van der Waals surface area contributed by atoms with E-state index in [4.69, 9.17) is 4.74 Å². The van der Waals surface area contributed by atoms with E-state index in [2.05, 4.69) is 45.9 Å². The maximum Gasteiger partial charge on any atom is 0.317 e. The van der Waals surface area contributed by atoms with Crippen molar-refractivity contribution >= 4 is 5.97 Å². The summed E-state index contributed by atoms with van der Waals surface area (Å²) < 4.78 is 5.72. The Balaban J connectivity index is 2.00. The van der Waals surface area contributed by atoms with Gasteiger partial charge in [-0.05, 0) is 55.2 Å². The van der Waals surface area contributed by atoms with Gasteiger partial charge in [-0.1, -0.05) is 64.1 Å². The molecule has 2 heteroatoms. The van der Waals surface area contributed by atoms with Gasteiger partial charge in [0.25, 0.3) is 0 Å². The number of hydrogen-bond acceptors (Lipinski definition) is 2. The van der Waals surface area contributed by atoms with Crippen LogP contribution in [-0.2, 0) is 9.53 Å². The zero-order valence-electron chi connectivity index (χ0n) is 15.6. The number of carbonyl (C=O) groups excluding carboxylic acids is 1. The second-order valence-corrected chi connectivity index (χ2v) is 7.50. The monoisotopic (exact) mass is 326 g/mol. The second-order valence-electron chi connectivity index (χ2n) is 7.50. The molecule has 1 aliphatic carbocycles. The molecule has 1 fully saturated rings. The third kappa shape index (κ3) is 4.37. The van der Waals surface area contributed by atoms with Crippen LogP contribution in [0, 0.1) is 17.3 Å². The summed E-state index contributed by atoms with van der Waals surface area (Å²) in [6, 6.07) is 10.3. The number of rotatable bonds is 7. The van der Waals surface area contributed by atoms with E-state index in [1.165, 1.54) is 5.56 Å². The first-order chi connectivity index (χ1) is 11.4.